The molecule has 0 aromatic rings. The van der Waals surface area contributed by atoms with Crippen LogP contribution in [0, 0.1) is 23.2 Å². The summed E-state index contributed by atoms with van der Waals surface area (Å²) in [6.07, 6.45) is 3.10. The van der Waals surface area contributed by atoms with Crippen LogP contribution in [-0.2, 0) is 4.79 Å². The number of rotatable bonds is 5. The average molecular weight is 237 g/mol. The van der Waals surface area contributed by atoms with Crippen LogP contribution in [0.5, 0.6) is 0 Å². The van der Waals surface area contributed by atoms with E-state index in [-0.39, 0.29) is 17.9 Å². The van der Waals surface area contributed by atoms with E-state index in [1.807, 2.05) is 11.9 Å². The number of carbonyl (C=O) groups is 1. The molecule has 4 heteroatoms. The van der Waals surface area contributed by atoms with E-state index in [1.54, 1.807) is 0 Å². The Morgan fingerprint density at radius 3 is 2.82 bits per heavy atom. The van der Waals surface area contributed by atoms with Crippen LogP contribution in [-0.4, -0.2) is 37.0 Å². The minimum Gasteiger partial charge on any atom is -0.355 e. The molecule has 1 fully saturated rings. The number of likely N-dealkylation sites (N-methyl/N-ethyl adjacent to an activating group) is 1. The molecular weight excluding hydrogens is 214 g/mol. The Kier molecular flexibility index (Phi) is 5.43. The quantitative estimate of drug-likeness (QED) is 0.786. The fraction of sp³-hybridized carbons (Fsp3) is 0.846. The summed E-state index contributed by atoms with van der Waals surface area (Å²) >= 11 is 0. The van der Waals surface area contributed by atoms with Crippen LogP contribution in [0.3, 0.4) is 0 Å². The Labute approximate surface area is 104 Å². The summed E-state index contributed by atoms with van der Waals surface area (Å²) < 4.78 is 0. The third kappa shape index (κ3) is 4.35. The zero-order chi connectivity index (χ0) is 12.8. The number of hydrogen-bond acceptors (Lipinski definition) is 3. The molecule has 0 heterocycles. The molecule has 0 aromatic carbocycles. The lowest BCUT2D eigenvalue weighted by Crippen LogP contribution is -2.42. The van der Waals surface area contributed by atoms with Crippen molar-refractivity contribution in [1.82, 2.24) is 10.2 Å². The van der Waals surface area contributed by atoms with E-state index >= 15 is 0 Å². The minimum atomic E-state index is 0.0600. The van der Waals surface area contributed by atoms with Gasteiger partial charge in [-0.2, -0.15) is 5.26 Å². The van der Waals surface area contributed by atoms with Crippen molar-refractivity contribution in [3.8, 4) is 6.07 Å². The summed E-state index contributed by atoms with van der Waals surface area (Å²) in [5, 5.41) is 11.9. The average Bonchev–Trinajstić information content (AvgIpc) is 2.74. The molecule has 1 saturated carbocycles. The first kappa shape index (κ1) is 14.0. The second kappa shape index (κ2) is 6.61. The molecule has 1 N–H and O–H groups in total. The molecule has 1 aliphatic carbocycles. The monoisotopic (exact) mass is 237 g/mol. The first-order chi connectivity index (χ1) is 8.04. The van der Waals surface area contributed by atoms with Crippen LogP contribution in [0.15, 0.2) is 0 Å². The van der Waals surface area contributed by atoms with E-state index in [0.717, 1.165) is 25.8 Å². The van der Waals surface area contributed by atoms with Gasteiger partial charge in [0.05, 0.1) is 18.5 Å². The molecule has 0 aromatic heterocycles. The van der Waals surface area contributed by atoms with Crippen LogP contribution in [0.4, 0.5) is 0 Å². The lowest BCUT2D eigenvalue weighted by atomic mass is 10.0. The SMILES string of the molecule is CC(C)CNC(=O)CN(C)C1CCCC1C#N. The maximum atomic E-state index is 11.7. The summed E-state index contributed by atoms with van der Waals surface area (Å²) in [5.41, 5.74) is 0. The Morgan fingerprint density at radius 2 is 2.24 bits per heavy atom. The van der Waals surface area contributed by atoms with Gasteiger partial charge in [0.25, 0.3) is 0 Å². The summed E-state index contributed by atoms with van der Waals surface area (Å²) in [6, 6.07) is 2.60. The normalized spacial score (nSPS) is 24.0. The van der Waals surface area contributed by atoms with Crippen molar-refractivity contribution in [3.63, 3.8) is 0 Å². The van der Waals surface area contributed by atoms with Gasteiger partial charge >= 0.3 is 0 Å². The Bertz CT molecular complexity index is 296. The van der Waals surface area contributed by atoms with Crippen molar-refractivity contribution in [2.75, 3.05) is 20.1 Å². The van der Waals surface area contributed by atoms with Gasteiger partial charge in [-0.3, -0.25) is 9.69 Å². The van der Waals surface area contributed by atoms with Crippen molar-refractivity contribution >= 4 is 5.91 Å². The van der Waals surface area contributed by atoms with Crippen molar-refractivity contribution < 1.29 is 4.79 Å². The number of nitrogens with zero attached hydrogens (tertiary/aromatic N) is 2. The predicted molar refractivity (Wildman–Crippen MR) is 67.2 cm³/mol. The molecule has 0 saturated heterocycles. The molecule has 4 nitrogen and oxygen atoms in total. The fourth-order valence-corrected chi connectivity index (χ4v) is 2.34. The lowest BCUT2D eigenvalue weighted by Gasteiger charge is -2.25. The highest BCUT2D eigenvalue weighted by Crippen LogP contribution is 2.28. The first-order valence-electron chi connectivity index (χ1n) is 6.41. The number of nitrogens with one attached hydrogen (secondary N) is 1. The van der Waals surface area contributed by atoms with Crippen LogP contribution in [0.25, 0.3) is 0 Å². The van der Waals surface area contributed by atoms with E-state index < -0.39 is 0 Å². The van der Waals surface area contributed by atoms with Gasteiger partial charge in [0.15, 0.2) is 0 Å². The predicted octanol–water partition coefficient (Wildman–Crippen LogP) is 1.38. The summed E-state index contributed by atoms with van der Waals surface area (Å²) in [4.78, 5) is 13.7. The smallest absolute Gasteiger partial charge is 0.234 e. The maximum absolute atomic E-state index is 11.7. The summed E-state index contributed by atoms with van der Waals surface area (Å²) in [5.74, 6) is 0.630. The number of carbonyl (C=O) groups excluding carboxylic acids is 1. The van der Waals surface area contributed by atoms with Crippen molar-refractivity contribution in [2.24, 2.45) is 11.8 Å². The highest BCUT2D eigenvalue weighted by molar-refractivity contribution is 5.78. The van der Waals surface area contributed by atoms with E-state index in [0.29, 0.717) is 12.5 Å². The highest BCUT2D eigenvalue weighted by atomic mass is 16.2. The van der Waals surface area contributed by atoms with E-state index in [2.05, 4.69) is 25.2 Å². The maximum Gasteiger partial charge on any atom is 0.234 e. The van der Waals surface area contributed by atoms with E-state index in [9.17, 15) is 4.79 Å². The molecule has 0 spiro atoms. The number of hydrogen-bond donors (Lipinski definition) is 1. The number of nitriles is 1. The summed E-state index contributed by atoms with van der Waals surface area (Å²) in [7, 11) is 1.94. The molecule has 96 valence electrons. The van der Waals surface area contributed by atoms with Crippen molar-refractivity contribution in [2.45, 2.75) is 39.2 Å². The van der Waals surface area contributed by atoms with Gasteiger partial charge in [-0.1, -0.05) is 20.3 Å². The molecule has 1 amide bonds. The zero-order valence-electron chi connectivity index (χ0n) is 11.1. The molecule has 0 aliphatic heterocycles. The second-order valence-corrected chi connectivity index (χ2v) is 5.35. The van der Waals surface area contributed by atoms with Gasteiger partial charge in [-0.05, 0) is 25.8 Å². The van der Waals surface area contributed by atoms with Crippen LogP contribution in [0.1, 0.15) is 33.1 Å². The lowest BCUT2D eigenvalue weighted by molar-refractivity contribution is -0.122. The molecule has 17 heavy (non-hydrogen) atoms. The van der Waals surface area contributed by atoms with Crippen molar-refractivity contribution in [3.05, 3.63) is 0 Å². The fourth-order valence-electron chi connectivity index (χ4n) is 2.34. The molecular formula is C13H23N3O. The molecule has 1 aliphatic rings. The van der Waals surface area contributed by atoms with Gasteiger partial charge in [0.1, 0.15) is 0 Å². The third-order valence-corrected chi connectivity index (χ3v) is 3.31. The van der Waals surface area contributed by atoms with Crippen LogP contribution >= 0.6 is 0 Å². The first-order valence-corrected chi connectivity index (χ1v) is 6.41. The topological polar surface area (TPSA) is 56.1 Å². The molecule has 1 rings (SSSR count). The van der Waals surface area contributed by atoms with Crippen molar-refractivity contribution in [1.29, 1.82) is 5.26 Å². The second-order valence-electron chi connectivity index (χ2n) is 5.35. The van der Waals surface area contributed by atoms with Gasteiger partial charge < -0.3 is 5.32 Å². The molecule has 2 atom stereocenters. The Hall–Kier alpha value is -1.08. The van der Waals surface area contributed by atoms with Gasteiger partial charge in [-0.25, -0.2) is 0 Å². The molecule has 0 radical (unpaired) electrons. The Balaban J connectivity index is 2.35. The van der Waals surface area contributed by atoms with Gasteiger partial charge in [0.2, 0.25) is 5.91 Å². The third-order valence-electron chi connectivity index (χ3n) is 3.31. The largest absolute Gasteiger partial charge is 0.355 e. The van der Waals surface area contributed by atoms with Crippen LogP contribution < -0.4 is 5.32 Å². The molecule has 0 bridgehead atoms. The van der Waals surface area contributed by atoms with Crippen LogP contribution in [0.2, 0.25) is 0 Å². The van der Waals surface area contributed by atoms with Gasteiger partial charge in [0, 0.05) is 12.6 Å². The molecule has 2 unspecified atom stereocenters. The zero-order valence-corrected chi connectivity index (χ0v) is 11.1. The van der Waals surface area contributed by atoms with Gasteiger partial charge in [-0.15, -0.1) is 0 Å². The van der Waals surface area contributed by atoms with E-state index in [1.165, 1.54) is 0 Å². The summed E-state index contributed by atoms with van der Waals surface area (Å²) in [6.45, 7) is 5.27. The van der Waals surface area contributed by atoms with E-state index in [4.69, 9.17) is 5.26 Å². The number of amides is 1. The minimum absolute atomic E-state index is 0.0600. The Morgan fingerprint density at radius 1 is 1.53 bits per heavy atom. The highest BCUT2D eigenvalue weighted by Gasteiger charge is 2.30. The standard InChI is InChI=1S/C13H23N3O/c1-10(2)8-15-13(17)9-16(3)12-6-4-5-11(12)7-14/h10-12H,4-6,8-9H2,1-3H3,(H,15,17).